The first-order valence-electron chi connectivity index (χ1n) is 10.5. The van der Waals surface area contributed by atoms with Crippen LogP contribution in [0, 0.1) is 11.3 Å². The number of ether oxygens (including phenoxy) is 1. The van der Waals surface area contributed by atoms with E-state index in [9.17, 15) is 23.2 Å². The van der Waals surface area contributed by atoms with Gasteiger partial charge >= 0.3 is 6.18 Å². The minimum absolute atomic E-state index is 0.0310. The number of hydrogen-bond acceptors (Lipinski definition) is 6. The van der Waals surface area contributed by atoms with Gasteiger partial charge in [0.1, 0.15) is 17.6 Å². The van der Waals surface area contributed by atoms with Gasteiger partial charge in [0, 0.05) is 18.5 Å². The summed E-state index contributed by atoms with van der Waals surface area (Å²) in [6, 6.07) is 3.02. The number of nitriles is 1. The van der Waals surface area contributed by atoms with E-state index >= 15 is 0 Å². The molecule has 0 aromatic carbocycles. The van der Waals surface area contributed by atoms with Crippen LogP contribution in [-0.4, -0.2) is 38.9 Å². The van der Waals surface area contributed by atoms with Crippen LogP contribution >= 0.6 is 11.8 Å². The highest BCUT2D eigenvalue weighted by molar-refractivity contribution is 7.99. The third-order valence-corrected chi connectivity index (χ3v) is 6.47. The van der Waals surface area contributed by atoms with Crippen LogP contribution in [0.4, 0.5) is 19.0 Å². The van der Waals surface area contributed by atoms with Gasteiger partial charge in [-0.3, -0.25) is 4.79 Å². The van der Waals surface area contributed by atoms with Crippen molar-refractivity contribution >= 4 is 23.5 Å². The predicted molar refractivity (Wildman–Crippen MR) is 111 cm³/mol. The standard InChI is InChI=1S/C21H22F3N5O2S/c22-21(23,24)17-7-8-26-20(27-17)32-12-18(30)28-19-15(10-25)14-5-1-2-6-16(14)29(19)11-13-4-3-9-31-13/h7-8,13H,1-6,9,11-12H2,(H,28,30). The summed E-state index contributed by atoms with van der Waals surface area (Å²) in [7, 11) is 0. The second-order valence-electron chi connectivity index (χ2n) is 7.77. The summed E-state index contributed by atoms with van der Waals surface area (Å²) in [4.78, 5) is 19.9. The van der Waals surface area contributed by atoms with Gasteiger partial charge in [0.15, 0.2) is 5.16 Å². The molecule has 1 fully saturated rings. The molecule has 1 N–H and O–H groups in total. The van der Waals surface area contributed by atoms with Crippen molar-refractivity contribution in [1.29, 1.82) is 5.26 Å². The molecule has 4 rings (SSSR count). The van der Waals surface area contributed by atoms with Gasteiger partial charge in [-0.2, -0.15) is 18.4 Å². The number of hydrogen-bond donors (Lipinski definition) is 1. The topological polar surface area (TPSA) is 92.8 Å². The minimum Gasteiger partial charge on any atom is -0.376 e. The van der Waals surface area contributed by atoms with Crippen LogP contribution in [-0.2, 0) is 35.1 Å². The summed E-state index contributed by atoms with van der Waals surface area (Å²) in [6.07, 6.45) is 2.00. The molecule has 1 atom stereocenters. The Morgan fingerprint density at radius 3 is 2.88 bits per heavy atom. The maximum atomic E-state index is 12.8. The first kappa shape index (κ1) is 22.6. The predicted octanol–water partition coefficient (Wildman–Crippen LogP) is 3.96. The molecule has 1 saturated heterocycles. The molecule has 2 aromatic heterocycles. The summed E-state index contributed by atoms with van der Waals surface area (Å²) < 4.78 is 46.3. The van der Waals surface area contributed by atoms with E-state index in [0.717, 1.165) is 73.8 Å². The van der Waals surface area contributed by atoms with Gasteiger partial charge in [-0.1, -0.05) is 11.8 Å². The number of carbonyl (C=O) groups excluding carboxylic acids is 1. The third kappa shape index (κ3) is 4.91. The zero-order chi connectivity index (χ0) is 22.7. The van der Waals surface area contributed by atoms with Crippen molar-refractivity contribution in [3.05, 3.63) is 34.8 Å². The summed E-state index contributed by atoms with van der Waals surface area (Å²) >= 11 is 0.814. The monoisotopic (exact) mass is 465 g/mol. The molecule has 2 aromatic rings. The number of nitrogens with one attached hydrogen (secondary N) is 1. The maximum Gasteiger partial charge on any atom is 0.433 e. The molecule has 2 aliphatic rings. The lowest BCUT2D eigenvalue weighted by molar-refractivity contribution is -0.141. The molecule has 0 saturated carbocycles. The van der Waals surface area contributed by atoms with Crippen molar-refractivity contribution < 1.29 is 22.7 Å². The lowest BCUT2D eigenvalue weighted by Gasteiger charge is -2.19. The van der Waals surface area contributed by atoms with E-state index in [1.165, 1.54) is 0 Å². The van der Waals surface area contributed by atoms with Crippen LogP contribution in [0.15, 0.2) is 17.4 Å². The molecular weight excluding hydrogens is 443 g/mol. The van der Waals surface area contributed by atoms with Crippen molar-refractivity contribution in [2.45, 2.75) is 62.5 Å². The average Bonchev–Trinajstić information content (AvgIpc) is 3.39. The van der Waals surface area contributed by atoms with E-state index in [4.69, 9.17) is 4.74 Å². The van der Waals surface area contributed by atoms with Crippen molar-refractivity contribution in [2.75, 3.05) is 17.7 Å². The third-order valence-electron chi connectivity index (χ3n) is 5.61. The molecule has 170 valence electrons. The molecule has 0 spiro atoms. The number of nitrogens with zero attached hydrogens (tertiary/aromatic N) is 4. The molecule has 1 aliphatic heterocycles. The van der Waals surface area contributed by atoms with Gasteiger partial charge in [-0.15, -0.1) is 0 Å². The summed E-state index contributed by atoms with van der Waals surface area (Å²) in [5.41, 5.74) is 1.44. The zero-order valence-electron chi connectivity index (χ0n) is 17.2. The molecular formula is C21H22F3N5O2S. The molecule has 32 heavy (non-hydrogen) atoms. The molecule has 3 heterocycles. The van der Waals surface area contributed by atoms with Gasteiger partial charge < -0.3 is 14.6 Å². The number of rotatable bonds is 6. The second-order valence-corrected chi connectivity index (χ2v) is 8.71. The van der Waals surface area contributed by atoms with E-state index in [2.05, 4.69) is 21.4 Å². The van der Waals surface area contributed by atoms with Gasteiger partial charge in [0.05, 0.1) is 24.0 Å². The van der Waals surface area contributed by atoms with Crippen molar-refractivity contribution in [2.24, 2.45) is 0 Å². The van der Waals surface area contributed by atoms with Crippen LogP contribution in [0.25, 0.3) is 0 Å². The number of anilines is 1. The lowest BCUT2D eigenvalue weighted by Crippen LogP contribution is -2.23. The molecule has 7 nitrogen and oxygen atoms in total. The average molecular weight is 466 g/mol. The zero-order valence-corrected chi connectivity index (χ0v) is 18.1. The number of alkyl halides is 3. The normalized spacial score (nSPS) is 18.2. The summed E-state index contributed by atoms with van der Waals surface area (Å²) in [5, 5.41) is 12.5. The van der Waals surface area contributed by atoms with Crippen molar-refractivity contribution in [3.63, 3.8) is 0 Å². The van der Waals surface area contributed by atoms with Gasteiger partial charge in [0.2, 0.25) is 5.91 Å². The van der Waals surface area contributed by atoms with Crippen LogP contribution in [0.1, 0.15) is 48.2 Å². The first-order valence-corrected chi connectivity index (χ1v) is 11.4. The minimum atomic E-state index is -4.58. The van der Waals surface area contributed by atoms with Gasteiger partial charge in [-0.25, -0.2) is 9.97 Å². The van der Waals surface area contributed by atoms with Crippen molar-refractivity contribution in [3.8, 4) is 6.07 Å². The second kappa shape index (κ2) is 9.50. The Labute approximate surface area is 187 Å². The Kier molecular flexibility index (Phi) is 6.71. The van der Waals surface area contributed by atoms with Crippen LogP contribution in [0.5, 0.6) is 0 Å². The highest BCUT2D eigenvalue weighted by Crippen LogP contribution is 2.34. The van der Waals surface area contributed by atoms with Gasteiger partial charge in [-0.05, 0) is 50.2 Å². The number of carbonyl (C=O) groups is 1. The number of aromatic nitrogens is 3. The fourth-order valence-electron chi connectivity index (χ4n) is 4.18. The fourth-order valence-corrected chi connectivity index (χ4v) is 4.81. The van der Waals surface area contributed by atoms with E-state index in [1.807, 2.05) is 4.57 Å². The van der Waals surface area contributed by atoms with Gasteiger partial charge in [0.25, 0.3) is 0 Å². The Balaban J connectivity index is 1.52. The van der Waals surface area contributed by atoms with Crippen LogP contribution in [0.2, 0.25) is 0 Å². The number of amides is 1. The Bertz CT molecular complexity index is 1040. The molecule has 0 radical (unpaired) electrons. The van der Waals surface area contributed by atoms with Crippen LogP contribution < -0.4 is 5.32 Å². The van der Waals surface area contributed by atoms with Crippen LogP contribution in [0.3, 0.4) is 0 Å². The van der Waals surface area contributed by atoms with E-state index in [1.54, 1.807) is 0 Å². The molecule has 1 aliphatic carbocycles. The Morgan fingerprint density at radius 1 is 1.34 bits per heavy atom. The Hall–Kier alpha value is -2.58. The highest BCUT2D eigenvalue weighted by atomic mass is 32.2. The molecule has 0 bridgehead atoms. The summed E-state index contributed by atoms with van der Waals surface area (Å²) in [6.45, 7) is 1.26. The fraction of sp³-hybridized carbons (Fsp3) is 0.524. The molecule has 1 amide bonds. The highest BCUT2D eigenvalue weighted by Gasteiger charge is 2.33. The lowest BCUT2D eigenvalue weighted by atomic mass is 9.95. The number of fused-ring (bicyclic) bond motifs is 1. The summed E-state index contributed by atoms with van der Waals surface area (Å²) in [5.74, 6) is -0.163. The Morgan fingerprint density at radius 2 is 2.16 bits per heavy atom. The largest absolute Gasteiger partial charge is 0.433 e. The molecule has 11 heteroatoms. The number of halogens is 3. The maximum absolute atomic E-state index is 12.8. The van der Waals surface area contributed by atoms with E-state index in [0.29, 0.717) is 24.5 Å². The SMILES string of the molecule is N#Cc1c2c(n(CC3CCCO3)c1NC(=O)CSc1nccc(C(F)(F)F)n1)CCCC2. The smallest absolute Gasteiger partial charge is 0.376 e. The quantitative estimate of drug-likeness (QED) is 0.513. The van der Waals surface area contributed by atoms with E-state index in [-0.39, 0.29) is 17.0 Å². The number of thioether (sulfide) groups is 1. The van der Waals surface area contributed by atoms with E-state index < -0.39 is 17.8 Å². The first-order chi connectivity index (χ1) is 15.4. The molecule has 1 unspecified atom stereocenters. The van der Waals surface area contributed by atoms with Crippen molar-refractivity contribution in [1.82, 2.24) is 14.5 Å².